The minimum Gasteiger partial charge on any atom is -0.389 e. The number of hydrogen-bond donors (Lipinski definition) is 2. The highest BCUT2D eigenvalue weighted by molar-refractivity contribution is 7.89. The van der Waals surface area contributed by atoms with Crippen LogP contribution in [0.3, 0.4) is 0 Å². The van der Waals surface area contributed by atoms with Crippen LogP contribution >= 0.6 is 0 Å². The van der Waals surface area contributed by atoms with E-state index in [1.54, 1.807) is 0 Å². The van der Waals surface area contributed by atoms with Crippen molar-refractivity contribution in [3.05, 3.63) is 30.1 Å². The van der Waals surface area contributed by atoms with Crippen LogP contribution in [0.2, 0.25) is 0 Å². The van der Waals surface area contributed by atoms with Gasteiger partial charge in [-0.1, -0.05) is 12.1 Å². The maximum absolute atomic E-state index is 13.3. The van der Waals surface area contributed by atoms with Crippen LogP contribution in [0, 0.1) is 5.82 Å². The van der Waals surface area contributed by atoms with Crippen LogP contribution in [0.25, 0.3) is 0 Å². The summed E-state index contributed by atoms with van der Waals surface area (Å²) in [5, 5.41) is 9.77. The molecule has 0 saturated heterocycles. The topological polar surface area (TPSA) is 66.4 Å². The summed E-state index contributed by atoms with van der Waals surface area (Å²) in [5.41, 5.74) is -0.960. The van der Waals surface area contributed by atoms with Crippen molar-refractivity contribution in [2.75, 3.05) is 6.54 Å². The van der Waals surface area contributed by atoms with E-state index in [9.17, 15) is 17.9 Å². The van der Waals surface area contributed by atoms with E-state index in [2.05, 4.69) is 4.72 Å². The van der Waals surface area contributed by atoms with Crippen molar-refractivity contribution in [3.8, 4) is 0 Å². The molecule has 1 aromatic rings. The number of hydrogen-bond acceptors (Lipinski definition) is 3. The summed E-state index contributed by atoms with van der Waals surface area (Å²) in [6.45, 7) is -0.0658. The van der Waals surface area contributed by atoms with E-state index < -0.39 is 21.4 Å². The first-order valence-electron chi connectivity index (χ1n) is 5.40. The summed E-state index contributed by atoms with van der Waals surface area (Å²) in [6, 6.07) is 5.17. The van der Waals surface area contributed by atoms with Crippen LogP contribution in [0.1, 0.15) is 19.3 Å². The Balaban J connectivity index is 2.12. The summed E-state index contributed by atoms with van der Waals surface area (Å²) in [6.07, 6.45) is 2.04. The Bertz CT molecular complexity index is 511. The number of rotatable bonds is 4. The molecule has 4 nitrogen and oxygen atoms in total. The minimum atomic E-state index is -3.89. The molecule has 1 aliphatic rings. The van der Waals surface area contributed by atoms with E-state index in [4.69, 9.17) is 0 Å². The van der Waals surface area contributed by atoms with Crippen molar-refractivity contribution >= 4 is 10.0 Å². The molecule has 0 radical (unpaired) electrons. The molecule has 0 unspecified atom stereocenters. The fraction of sp³-hybridized carbons (Fsp3) is 0.455. The SMILES string of the molecule is O=S(=O)(NCC1(O)CCC1)c1ccccc1F. The van der Waals surface area contributed by atoms with Gasteiger partial charge >= 0.3 is 0 Å². The van der Waals surface area contributed by atoms with Gasteiger partial charge < -0.3 is 5.11 Å². The van der Waals surface area contributed by atoms with E-state index in [0.29, 0.717) is 12.8 Å². The molecule has 0 amide bonds. The van der Waals surface area contributed by atoms with Crippen molar-refractivity contribution in [3.63, 3.8) is 0 Å². The molecule has 2 rings (SSSR count). The number of halogens is 1. The Morgan fingerprint density at radius 3 is 2.53 bits per heavy atom. The lowest BCUT2D eigenvalue weighted by atomic mass is 9.81. The second kappa shape index (κ2) is 4.36. The van der Waals surface area contributed by atoms with Crippen molar-refractivity contribution in [2.45, 2.75) is 29.8 Å². The molecular formula is C11H14FNO3S. The third kappa shape index (κ3) is 2.65. The second-order valence-electron chi connectivity index (χ2n) is 4.33. The Morgan fingerprint density at radius 2 is 2.00 bits per heavy atom. The van der Waals surface area contributed by atoms with Gasteiger partial charge in [0, 0.05) is 6.54 Å². The van der Waals surface area contributed by atoms with Crippen LogP contribution < -0.4 is 4.72 Å². The zero-order valence-corrected chi connectivity index (χ0v) is 10.0. The molecule has 94 valence electrons. The third-order valence-electron chi connectivity index (χ3n) is 3.00. The first-order chi connectivity index (χ1) is 7.93. The lowest BCUT2D eigenvalue weighted by molar-refractivity contribution is -0.0271. The standard InChI is InChI=1S/C11H14FNO3S/c12-9-4-1-2-5-10(9)17(15,16)13-8-11(14)6-3-7-11/h1-2,4-5,13-14H,3,6-8H2. The predicted octanol–water partition coefficient (Wildman–Crippen LogP) is 1.02. The van der Waals surface area contributed by atoms with E-state index >= 15 is 0 Å². The molecule has 1 aromatic carbocycles. The van der Waals surface area contributed by atoms with Crippen molar-refractivity contribution in [1.82, 2.24) is 4.72 Å². The van der Waals surface area contributed by atoms with Gasteiger partial charge in [-0.3, -0.25) is 0 Å². The number of aliphatic hydroxyl groups is 1. The van der Waals surface area contributed by atoms with E-state index in [0.717, 1.165) is 12.5 Å². The van der Waals surface area contributed by atoms with E-state index in [1.807, 2.05) is 0 Å². The minimum absolute atomic E-state index is 0.0658. The maximum Gasteiger partial charge on any atom is 0.243 e. The normalized spacial score (nSPS) is 18.7. The number of sulfonamides is 1. The van der Waals surface area contributed by atoms with Gasteiger partial charge in [-0.15, -0.1) is 0 Å². The molecule has 0 aromatic heterocycles. The molecule has 17 heavy (non-hydrogen) atoms. The van der Waals surface area contributed by atoms with Crippen molar-refractivity contribution < 1.29 is 17.9 Å². The highest BCUT2D eigenvalue weighted by Crippen LogP contribution is 2.31. The Kier molecular flexibility index (Phi) is 3.20. The lowest BCUT2D eigenvalue weighted by Gasteiger charge is -2.36. The fourth-order valence-corrected chi connectivity index (χ4v) is 2.93. The summed E-state index contributed by atoms with van der Waals surface area (Å²) in [4.78, 5) is -0.386. The molecule has 0 heterocycles. The Hall–Kier alpha value is -0.980. The predicted molar refractivity (Wildman–Crippen MR) is 60.4 cm³/mol. The average Bonchev–Trinajstić information content (AvgIpc) is 2.24. The van der Waals surface area contributed by atoms with E-state index in [1.165, 1.54) is 18.2 Å². The molecule has 6 heteroatoms. The molecule has 0 spiro atoms. The second-order valence-corrected chi connectivity index (χ2v) is 6.07. The fourth-order valence-electron chi connectivity index (χ4n) is 1.73. The first-order valence-corrected chi connectivity index (χ1v) is 6.88. The zero-order chi connectivity index (χ0) is 12.5. The van der Waals surface area contributed by atoms with Crippen LogP contribution in [0.15, 0.2) is 29.2 Å². The molecule has 1 saturated carbocycles. The van der Waals surface area contributed by atoms with Gasteiger partial charge in [0.25, 0.3) is 0 Å². The zero-order valence-electron chi connectivity index (χ0n) is 9.19. The molecule has 0 aliphatic heterocycles. The molecule has 1 aliphatic carbocycles. The molecule has 2 N–H and O–H groups in total. The van der Waals surface area contributed by atoms with Gasteiger partial charge in [0.05, 0.1) is 5.60 Å². The van der Waals surface area contributed by atoms with Crippen LogP contribution in [-0.2, 0) is 10.0 Å². The van der Waals surface area contributed by atoms with Gasteiger partial charge in [-0.25, -0.2) is 17.5 Å². The molecule has 0 bridgehead atoms. The molecular weight excluding hydrogens is 245 g/mol. The Labute approximate surface area is 99.5 Å². The summed E-state index contributed by atoms with van der Waals surface area (Å²) in [5.74, 6) is -0.791. The van der Waals surface area contributed by atoms with Gasteiger partial charge in [0.2, 0.25) is 10.0 Å². The summed E-state index contributed by atoms with van der Waals surface area (Å²) in [7, 11) is -3.89. The van der Waals surface area contributed by atoms with Crippen molar-refractivity contribution in [1.29, 1.82) is 0 Å². The number of benzene rings is 1. The van der Waals surface area contributed by atoms with Crippen LogP contribution in [0.4, 0.5) is 4.39 Å². The van der Waals surface area contributed by atoms with Crippen LogP contribution in [-0.4, -0.2) is 25.7 Å². The summed E-state index contributed by atoms with van der Waals surface area (Å²) >= 11 is 0. The average molecular weight is 259 g/mol. The quantitative estimate of drug-likeness (QED) is 0.848. The first kappa shape index (κ1) is 12.5. The monoisotopic (exact) mass is 259 g/mol. The third-order valence-corrected chi connectivity index (χ3v) is 4.44. The van der Waals surface area contributed by atoms with Gasteiger partial charge in [0.1, 0.15) is 10.7 Å². The van der Waals surface area contributed by atoms with Crippen LogP contribution in [0.5, 0.6) is 0 Å². The van der Waals surface area contributed by atoms with E-state index in [-0.39, 0.29) is 11.4 Å². The molecule has 0 atom stereocenters. The summed E-state index contributed by atoms with van der Waals surface area (Å²) < 4.78 is 39.1. The van der Waals surface area contributed by atoms with Gasteiger partial charge in [-0.2, -0.15) is 0 Å². The van der Waals surface area contributed by atoms with Crippen molar-refractivity contribution in [2.24, 2.45) is 0 Å². The highest BCUT2D eigenvalue weighted by atomic mass is 32.2. The maximum atomic E-state index is 13.3. The lowest BCUT2D eigenvalue weighted by Crippen LogP contribution is -2.47. The smallest absolute Gasteiger partial charge is 0.243 e. The largest absolute Gasteiger partial charge is 0.389 e. The number of nitrogens with one attached hydrogen (secondary N) is 1. The molecule has 1 fully saturated rings. The van der Waals surface area contributed by atoms with Gasteiger partial charge in [-0.05, 0) is 31.4 Å². The Morgan fingerprint density at radius 1 is 1.35 bits per heavy atom. The van der Waals surface area contributed by atoms with Gasteiger partial charge in [0.15, 0.2) is 0 Å². The highest BCUT2D eigenvalue weighted by Gasteiger charge is 2.35.